The molecule has 1 aromatic rings. The summed E-state index contributed by atoms with van der Waals surface area (Å²) in [4.78, 5) is 0. The van der Waals surface area contributed by atoms with Crippen molar-refractivity contribution in [1.82, 2.24) is 0 Å². The van der Waals surface area contributed by atoms with Crippen LogP contribution in [0, 0.1) is 0 Å². The third-order valence-electron chi connectivity index (χ3n) is 2.64. The van der Waals surface area contributed by atoms with Crippen LogP contribution in [-0.2, 0) is 4.74 Å². The lowest BCUT2D eigenvalue weighted by atomic mass is 10.1. The number of aliphatic hydroxyl groups is 4. The Balaban J connectivity index is 2.16. The molecule has 1 aliphatic heterocycles. The molecule has 0 amide bonds. The average molecular weight is 238 g/mol. The van der Waals surface area contributed by atoms with Gasteiger partial charge >= 0.3 is 0 Å². The molecule has 5 nitrogen and oxygen atoms in total. The average Bonchev–Trinajstić information content (AvgIpc) is 2.58. The molecule has 17 heavy (non-hydrogen) atoms. The van der Waals surface area contributed by atoms with Gasteiger partial charge in [0.05, 0.1) is 0 Å². The van der Waals surface area contributed by atoms with Crippen LogP contribution in [0.1, 0.15) is 5.56 Å². The summed E-state index contributed by atoms with van der Waals surface area (Å²) in [5.74, 6) is -0.237. The van der Waals surface area contributed by atoms with Crippen LogP contribution in [0.4, 0.5) is 0 Å². The molecule has 0 aliphatic carbocycles. The topological polar surface area (TPSA) is 90.2 Å². The van der Waals surface area contributed by atoms with E-state index in [1.807, 2.05) is 6.07 Å². The lowest BCUT2D eigenvalue weighted by Gasteiger charge is -2.13. The van der Waals surface area contributed by atoms with E-state index in [4.69, 9.17) is 4.74 Å². The SMILES string of the molecule is OC(=Cc1ccccc1)[C@H]1O[C@@H](O)[C@H](O)[C@@H]1O. The highest BCUT2D eigenvalue weighted by atomic mass is 16.6. The fraction of sp³-hybridized carbons (Fsp3) is 0.333. The largest absolute Gasteiger partial charge is 0.509 e. The van der Waals surface area contributed by atoms with Gasteiger partial charge < -0.3 is 25.2 Å². The van der Waals surface area contributed by atoms with Crippen molar-refractivity contribution in [2.24, 2.45) is 0 Å². The summed E-state index contributed by atoms with van der Waals surface area (Å²) < 4.78 is 4.86. The van der Waals surface area contributed by atoms with Crippen molar-refractivity contribution in [2.75, 3.05) is 0 Å². The van der Waals surface area contributed by atoms with E-state index < -0.39 is 24.6 Å². The predicted molar refractivity (Wildman–Crippen MR) is 59.9 cm³/mol. The minimum atomic E-state index is -1.48. The van der Waals surface area contributed by atoms with E-state index in [-0.39, 0.29) is 5.76 Å². The smallest absolute Gasteiger partial charge is 0.184 e. The Morgan fingerprint density at radius 3 is 2.24 bits per heavy atom. The number of aliphatic hydroxyl groups excluding tert-OH is 4. The van der Waals surface area contributed by atoms with E-state index in [0.717, 1.165) is 5.56 Å². The molecule has 1 aliphatic rings. The van der Waals surface area contributed by atoms with Crippen LogP contribution in [0.5, 0.6) is 0 Å². The quantitative estimate of drug-likeness (QED) is 0.545. The molecule has 5 heteroatoms. The summed E-state index contributed by atoms with van der Waals surface area (Å²) in [5, 5.41) is 37.8. The molecule has 0 radical (unpaired) electrons. The molecular formula is C12H14O5. The van der Waals surface area contributed by atoms with E-state index >= 15 is 0 Å². The Hall–Kier alpha value is -1.40. The fourth-order valence-electron chi connectivity index (χ4n) is 1.71. The van der Waals surface area contributed by atoms with E-state index in [0.29, 0.717) is 0 Å². The van der Waals surface area contributed by atoms with Crippen LogP contribution in [0.25, 0.3) is 6.08 Å². The first-order valence-electron chi connectivity index (χ1n) is 5.25. The van der Waals surface area contributed by atoms with Crippen molar-refractivity contribution in [1.29, 1.82) is 0 Å². The predicted octanol–water partition coefficient (Wildman–Crippen LogP) is 0.0245. The molecule has 1 heterocycles. The Morgan fingerprint density at radius 1 is 1.06 bits per heavy atom. The number of hydrogen-bond donors (Lipinski definition) is 4. The molecule has 1 aromatic carbocycles. The molecule has 0 bridgehead atoms. The van der Waals surface area contributed by atoms with Gasteiger partial charge in [0.1, 0.15) is 24.1 Å². The second-order valence-electron chi connectivity index (χ2n) is 3.91. The highest BCUT2D eigenvalue weighted by Crippen LogP contribution is 2.25. The van der Waals surface area contributed by atoms with Gasteiger partial charge in [-0.05, 0) is 11.6 Å². The molecule has 2 rings (SSSR count). The molecule has 4 N–H and O–H groups in total. The monoisotopic (exact) mass is 238 g/mol. The highest BCUT2D eigenvalue weighted by molar-refractivity contribution is 5.51. The summed E-state index contributed by atoms with van der Waals surface area (Å²) in [7, 11) is 0. The van der Waals surface area contributed by atoms with Crippen LogP contribution in [0.2, 0.25) is 0 Å². The summed E-state index contributed by atoms with van der Waals surface area (Å²) in [6.07, 6.45) is -3.93. The van der Waals surface area contributed by atoms with Gasteiger partial charge in [0.2, 0.25) is 0 Å². The van der Waals surface area contributed by atoms with Crippen molar-refractivity contribution in [3.8, 4) is 0 Å². The van der Waals surface area contributed by atoms with Gasteiger partial charge in [-0.25, -0.2) is 0 Å². The Bertz CT molecular complexity index is 403. The van der Waals surface area contributed by atoms with Crippen LogP contribution in [0.3, 0.4) is 0 Å². The van der Waals surface area contributed by atoms with Crippen LogP contribution < -0.4 is 0 Å². The van der Waals surface area contributed by atoms with Crippen molar-refractivity contribution < 1.29 is 25.2 Å². The molecule has 92 valence electrons. The molecular weight excluding hydrogens is 224 g/mol. The lowest BCUT2D eigenvalue weighted by molar-refractivity contribution is -0.125. The number of benzene rings is 1. The third-order valence-corrected chi connectivity index (χ3v) is 2.64. The molecule has 1 fully saturated rings. The maximum atomic E-state index is 9.76. The van der Waals surface area contributed by atoms with E-state index in [1.165, 1.54) is 6.08 Å². The minimum absolute atomic E-state index is 0.237. The number of ether oxygens (including phenoxy) is 1. The first kappa shape index (κ1) is 12.1. The number of rotatable bonds is 2. The molecule has 1 saturated heterocycles. The Morgan fingerprint density at radius 2 is 1.71 bits per heavy atom. The second kappa shape index (κ2) is 4.85. The van der Waals surface area contributed by atoms with Crippen molar-refractivity contribution in [3.05, 3.63) is 41.7 Å². The summed E-state index contributed by atoms with van der Waals surface area (Å²) in [6, 6.07) is 8.97. The third kappa shape index (κ3) is 2.48. The van der Waals surface area contributed by atoms with Gasteiger partial charge in [0.25, 0.3) is 0 Å². The summed E-state index contributed by atoms with van der Waals surface area (Å²) >= 11 is 0. The van der Waals surface area contributed by atoms with E-state index in [1.54, 1.807) is 24.3 Å². The minimum Gasteiger partial charge on any atom is -0.509 e. The zero-order valence-electron chi connectivity index (χ0n) is 8.97. The fourth-order valence-corrected chi connectivity index (χ4v) is 1.71. The zero-order chi connectivity index (χ0) is 12.4. The van der Waals surface area contributed by atoms with Crippen LogP contribution >= 0.6 is 0 Å². The molecule has 0 aromatic heterocycles. The Kier molecular flexibility index (Phi) is 3.44. The van der Waals surface area contributed by atoms with E-state index in [2.05, 4.69) is 0 Å². The summed E-state index contributed by atoms with van der Waals surface area (Å²) in [5.41, 5.74) is 0.733. The molecule has 0 saturated carbocycles. The lowest BCUT2D eigenvalue weighted by Crippen LogP contribution is -2.33. The normalized spacial score (nSPS) is 33.9. The second-order valence-corrected chi connectivity index (χ2v) is 3.91. The van der Waals surface area contributed by atoms with Gasteiger partial charge in [-0.3, -0.25) is 0 Å². The van der Waals surface area contributed by atoms with Gasteiger partial charge in [0.15, 0.2) is 6.29 Å². The maximum Gasteiger partial charge on any atom is 0.184 e. The van der Waals surface area contributed by atoms with Gasteiger partial charge in [-0.15, -0.1) is 0 Å². The first-order valence-corrected chi connectivity index (χ1v) is 5.25. The first-order chi connectivity index (χ1) is 8.09. The molecule has 0 spiro atoms. The highest BCUT2D eigenvalue weighted by Gasteiger charge is 2.43. The molecule has 4 atom stereocenters. The van der Waals surface area contributed by atoms with Crippen molar-refractivity contribution in [3.63, 3.8) is 0 Å². The molecule has 0 unspecified atom stereocenters. The van der Waals surface area contributed by atoms with Gasteiger partial charge in [-0.1, -0.05) is 30.3 Å². The maximum absolute atomic E-state index is 9.76. The van der Waals surface area contributed by atoms with Crippen LogP contribution in [-0.4, -0.2) is 45.0 Å². The van der Waals surface area contributed by atoms with Crippen LogP contribution in [0.15, 0.2) is 36.1 Å². The van der Waals surface area contributed by atoms with Crippen molar-refractivity contribution >= 4 is 6.08 Å². The number of hydrogen-bond acceptors (Lipinski definition) is 5. The van der Waals surface area contributed by atoms with Gasteiger partial charge in [-0.2, -0.15) is 0 Å². The standard InChI is InChI=1S/C12H14O5/c13-8(6-7-4-2-1-3-5-7)11-9(14)10(15)12(16)17-11/h1-6,9-16H/t9-,10+,11+,12+/m0/s1. The van der Waals surface area contributed by atoms with E-state index in [9.17, 15) is 20.4 Å². The van der Waals surface area contributed by atoms with Crippen molar-refractivity contribution in [2.45, 2.75) is 24.6 Å². The zero-order valence-corrected chi connectivity index (χ0v) is 8.97. The van der Waals surface area contributed by atoms with Gasteiger partial charge in [0, 0.05) is 0 Å². The Labute approximate surface area is 98.2 Å². The summed E-state index contributed by atoms with van der Waals surface area (Å²) in [6.45, 7) is 0.